The van der Waals surface area contributed by atoms with E-state index >= 15 is 0 Å². The minimum Gasteiger partial charge on any atom is -0.344 e. The Morgan fingerprint density at radius 1 is 1.35 bits per heavy atom. The minimum absolute atomic E-state index is 0.00739. The van der Waals surface area contributed by atoms with Crippen molar-refractivity contribution in [3.63, 3.8) is 0 Å². The number of hydrogen-bond acceptors (Lipinski definition) is 2. The zero-order chi connectivity index (χ0) is 13.0. The summed E-state index contributed by atoms with van der Waals surface area (Å²) in [6, 6.07) is -0.201. The molecule has 0 saturated heterocycles. The third kappa shape index (κ3) is 3.45. The molecule has 2 atom stereocenters. The maximum Gasteiger partial charge on any atom is 0.244 e. The largest absolute Gasteiger partial charge is 0.344 e. The van der Waals surface area contributed by atoms with Gasteiger partial charge < -0.3 is 10.2 Å². The number of carbonyl (C=O) groups excluding carboxylic acids is 2. The van der Waals surface area contributed by atoms with Crippen LogP contribution >= 0.6 is 0 Å². The van der Waals surface area contributed by atoms with Crippen LogP contribution in [0.4, 0.5) is 0 Å². The van der Waals surface area contributed by atoms with E-state index in [0.29, 0.717) is 0 Å². The molecule has 0 unspecified atom stereocenters. The Morgan fingerprint density at radius 2 is 1.94 bits per heavy atom. The Hall–Kier alpha value is -1.06. The zero-order valence-electron chi connectivity index (χ0n) is 11.3. The van der Waals surface area contributed by atoms with Crippen LogP contribution in [0.1, 0.15) is 46.5 Å². The zero-order valence-corrected chi connectivity index (χ0v) is 11.3. The van der Waals surface area contributed by atoms with Gasteiger partial charge in [0.15, 0.2) is 0 Å². The molecule has 1 fully saturated rings. The number of amides is 2. The predicted molar refractivity (Wildman–Crippen MR) is 67.5 cm³/mol. The Labute approximate surface area is 104 Å². The maximum atomic E-state index is 12.0. The van der Waals surface area contributed by atoms with Crippen molar-refractivity contribution in [2.24, 2.45) is 5.92 Å². The Kier molecular flexibility index (Phi) is 4.97. The van der Waals surface area contributed by atoms with E-state index in [0.717, 1.165) is 25.7 Å². The monoisotopic (exact) mass is 240 g/mol. The van der Waals surface area contributed by atoms with Gasteiger partial charge in [0.05, 0.1) is 0 Å². The van der Waals surface area contributed by atoms with Crippen LogP contribution in [0.3, 0.4) is 0 Å². The highest BCUT2D eigenvalue weighted by molar-refractivity contribution is 5.88. The second-order valence-electron chi connectivity index (χ2n) is 5.06. The van der Waals surface area contributed by atoms with Crippen molar-refractivity contribution in [3.8, 4) is 0 Å². The molecule has 4 nitrogen and oxygen atoms in total. The molecule has 0 aromatic carbocycles. The molecular weight excluding hydrogens is 216 g/mol. The summed E-state index contributed by atoms with van der Waals surface area (Å²) in [5.41, 5.74) is 0. The van der Waals surface area contributed by atoms with Gasteiger partial charge in [-0.3, -0.25) is 9.59 Å². The van der Waals surface area contributed by atoms with Gasteiger partial charge in [0.25, 0.3) is 0 Å². The lowest BCUT2D eigenvalue weighted by Crippen LogP contribution is -2.50. The summed E-state index contributed by atoms with van der Waals surface area (Å²) in [6.07, 6.45) is 3.99. The highest BCUT2D eigenvalue weighted by Gasteiger charge is 2.28. The van der Waals surface area contributed by atoms with Gasteiger partial charge >= 0.3 is 0 Å². The molecule has 98 valence electrons. The molecule has 0 heterocycles. The molecule has 1 saturated carbocycles. The molecule has 0 aliphatic heterocycles. The fourth-order valence-corrected chi connectivity index (χ4v) is 1.86. The Balaban J connectivity index is 2.42. The molecule has 0 aromatic rings. The van der Waals surface area contributed by atoms with Crippen molar-refractivity contribution < 1.29 is 9.59 Å². The molecule has 0 aromatic heterocycles. The number of likely N-dealkylation sites (N-methyl/N-ethyl adjacent to an activating group) is 1. The molecule has 0 radical (unpaired) electrons. The number of hydrogen-bond donors (Lipinski definition) is 1. The van der Waals surface area contributed by atoms with E-state index in [4.69, 9.17) is 0 Å². The fourth-order valence-electron chi connectivity index (χ4n) is 1.86. The highest BCUT2D eigenvalue weighted by atomic mass is 16.2. The first-order valence-corrected chi connectivity index (χ1v) is 6.54. The standard InChI is InChI=1S/C13H24N2O2/c1-5-9(2)15(4)13(17)10(3)14-12(16)11-7-6-8-11/h9-11H,5-8H2,1-4H3,(H,14,16)/t9-,10+/m0/s1. The molecule has 2 amide bonds. The number of nitrogens with one attached hydrogen (secondary N) is 1. The normalized spacial score (nSPS) is 19.1. The first-order valence-electron chi connectivity index (χ1n) is 6.54. The van der Waals surface area contributed by atoms with Crippen LogP contribution in [0.25, 0.3) is 0 Å². The molecule has 1 N–H and O–H groups in total. The summed E-state index contributed by atoms with van der Waals surface area (Å²) >= 11 is 0. The summed E-state index contributed by atoms with van der Waals surface area (Å²) in [6.45, 7) is 5.82. The summed E-state index contributed by atoms with van der Waals surface area (Å²) in [5.74, 6) is 0.167. The summed E-state index contributed by atoms with van der Waals surface area (Å²) in [5, 5.41) is 2.81. The fraction of sp³-hybridized carbons (Fsp3) is 0.846. The van der Waals surface area contributed by atoms with E-state index < -0.39 is 6.04 Å². The molecule has 17 heavy (non-hydrogen) atoms. The third-order valence-electron chi connectivity index (χ3n) is 3.80. The molecule has 0 bridgehead atoms. The van der Waals surface area contributed by atoms with Gasteiger partial charge in [0.1, 0.15) is 6.04 Å². The van der Waals surface area contributed by atoms with E-state index in [-0.39, 0.29) is 23.8 Å². The van der Waals surface area contributed by atoms with E-state index in [9.17, 15) is 9.59 Å². The van der Waals surface area contributed by atoms with Gasteiger partial charge in [0.2, 0.25) is 11.8 Å². The van der Waals surface area contributed by atoms with E-state index in [1.807, 2.05) is 13.8 Å². The van der Waals surface area contributed by atoms with Gasteiger partial charge in [-0.25, -0.2) is 0 Å². The van der Waals surface area contributed by atoms with Gasteiger partial charge in [-0.05, 0) is 33.1 Å². The lowest BCUT2D eigenvalue weighted by molar-refractivity contribution is -0.138. The Bertz CT molecular complexity index is 287. The molecule has 4 heteroatoms. The minimum atomic E-state index is -0.415. The molecule has 1 rings (SSSR count). The van der Waals surface area contributed by atoms with Gasteiger partial charge in [-0.2, -0.15) is 0 Å². The molecule has 1 aliphatic carbocycles. The van der Waals surface area contributed by atoms with Crippen LogP contribution in [-0.2, 0) is 9.59 Å². The van der Waals surface area contributed by atoms with Crippen molar-refractivity contribution >= 4 is 11.8 Å². The molecular formula is C13H24N2O2. The third-order valence-corrected chi connectivity index (χ3v) is 3.80. The van der Waals surface area contributed by atoms with Crippen molar-refractivity contribution in [2.75, 3.05) is 7.05 Å². The van der Waals surface area contributed by atoms with Crippen LogP contribution in [0.5, 0.6) is 0 Å². The summed E-state index contributed by atoms with van der Waals surface area (Å²) in [7, 11) is 1.79. The second-order valence-corrected chi connectivity index (χ2v) is 5.06. The van der Waals surface area contributed by atoms with Crippen LogP contribution in [0.2, 0.25) is 0 Å². The van der Waals surface area contributed by atoms with Gasteiger partial charge in [-0.15, -0.1) is 0 Å². The second kappa shape index (κ2) is 6.03. The predicted octanol–water partition coefficient (Wildman–Crippen LogP) is 1.55. The maximum absolute atomic E-state index is 12.0. The lowest BCUT2D eigenvalue weighted by Gasteiger charge is -2.29. The highest BCUT2D eigenvalue weighted by Crippen LogP contribution is 2.26. The first-order chi connectivity index (χ1) is 7.97. The quantitative estimate of drug-likeness (QED) is 0.792. The SMILES string of the molecule is CC[C@H](C)N(C)C(=O)[C@@H](C)NC(=O)C1CCC1. The van der Waals surface area contributed by atoms with Crippen molar-refractivity contribution in [3.05, 3.63) is 0 Å². The van der Waals surface area contributed by atoms with Crippen molar-refractivity contribution in [1.29, 1.82) is 0 Å². The van der Waals surface area contributed by atoms with Gasteiger partial charge in [0, 0.05) is 19.0 Å². The molecule has 0 spiro atoms. The van der Waals surface area contributed by atoms with Crippen molar-refractivity contribution in [1.82, 2.24) is 10.2 Å². The average Bonchev–Trinajstić information content (AvgIpc) is 2.23. The number of carbonyl (C=O) groups is 2. The number of nitrogens with zero attached hydrogens (tertiary/aromatic N) is 1. The Morgan fingerprint density at radius 3 is 2.35 bits per heavy atom. The summed E-state index contributed by atoms with van der Waals surface area (Å²) < 4.78 is 0. The average molecular weight is 240 g/mol. The molecule has 1 aliphatic rings. The number of rotatable bonds is 5. The van der Waals surface area contributed by atoms with Crippen LogP contribution in [-0.4, -0.2) is 35.8 Å². The summed E-state index contributed by atoms with van der Waals surface area (Å²) in [4.78, 5) is 25.5. The van der Waals surface area contributed by atoms with Crippen molar-refractivity contribution in [2.45, 2.75) is 58.5 Å². The topological polar surface area (TPSA) is 49.4 Å². The van der Waals surface area contributed by atoms with Gasteiger partial charge in [-0.1, -0.05) is 13.3 Å². The van der Waals surface area contributed by atoms with E-state index in [1.54, 1.807) is 18.9 Å². The first kappa shape index (κ1) is 14.0. The van der Waals surface area contributed by atoms with Crippen LogP contribution < -0.4 is 5.32 Å². The van der Waals surface area contributed by atoms with Crippen LogP contribution in [0, 0.1) is 5.92 Å². The van der Waals surface area contributed by atoms with Crippen LogP contribution in [0.15, 0.2) is 0 Å². The van der Waals surface area contributed by atoms with E-state index in [1.165, 1.54) is 0 Å². The smallest absolute Gasteiger partial charge is 0.244 e. The lowest BCUT2D eigenvalue weighted by atomic mass is 9.84. The van der Waals surface area contributed by atoms with E-state index in [2.05, 4.69) is 5.32 Å².